The van der Waals surface area contributed by atoms with E-state index in [-0.39, 0.29) is 29.3 Å². The molecular weight excluding hydrogens is 464 g/mol. The summed E-state index contributed by atoms with van der Waals surface area (Å²) in [7, 11) is 3.92. The van der Waals surface area contributed by atoms with Crippen molar-refractivity contribution in [2.75, 3.05) is 31.9 Å². The van der Waals surface area contributed by atoms with Gasteiger partial charge in [-0.2, -0.15) is 0 Å². The number of nitrogens with one attached hydrogen (secondary N) is 3. The van der Waals surface area contributed by atoms with Crippen molar-refractivity contribution < 1.29 is 24.0 Å². The molecule has 186 valence electrons. The van der Waals surface area contributed by atoms with Gasteiger partial charge in [-0.25, -0.2) is 0 Å². The van der Waals surface area contributed by atoms with Crippen molar-refractivity contribution in [3.05, 3.63) is 24.3 Å². The molecule has 0 aromatic carbocycles. The van der Waals surface area contributed by atoms with E-state index in [0.717, 1.165) is 18.1 Å². The summed E-state index contributed by atoms with van der Waals surface area (Å²) in [6.45, 7) is 4.37. The maximum atomic E-state index is 11.6. The van der Waals surface area contributed by atoms with Gasteiger partial charge in [0.1, 0.15) is 0 Å². The molecule has 1 aliphatic rings. The first-order valence-electron chi connectivity index (χ1n) is 10.9. The Morgan fingerprint density at radius 1 is 0.848 bits per heavy atom. The number of nitrogens with two attached hydrogens (primary N) is 1. The van der Waals surface area contributed by atoms with Crippen LogP contribution in [0.15, 0.2) is 24.3 Å². The van der Waals surface area contributed by atoms with E-state index in [4.69, 9.17) is 5.73 Å². The molecule has 1 rings (SSSR count). The van der Waals surface area contributed by atoms with Crippen LogP contribution >= 0.6 is 21.6 Å². The minimum Gasteiger partial charge on any atom is -0.354 e. The molecule has 1 fully saturated rings. The Labute approximate surface area is 203 Å². The normalized spacial score (nSPS) is 15.1. The lowest BCUT2D eigenvalue weighted by molar-refractivity contribution is -0.121. The van der Waals surface area contributed by atoms with E-state index < -0.39 is 0 Å². The largest absolute Gasteiger partial charge is 0.354 e. The highest BCUT2D eigenvalue weighted by atomic mass is 33.1. The van der Waals surface area contributed by atoms with E-state index in [2.05, 4.69) is 16.0 Å². The molecule has 0 aromatic heterocycles. The molecule has 1 heterocycles. The summed E-state index contributed by atoms with van der Waals surface area (Å²) >= 11 is 0. The Bertz CT molecular complexity index is 692. The molecule has 33 heavy (non-hydrogen) atoms. The van der Waals surface area contributed by atoms with Crippen LogP contribution in [0.4, 0.5) is 0 Å². The zero-order valence-corrected chi connectivity index (χ0v) is 21.0. The van der Waals surface area contributed by atoms with E-state index in [9.17, 15) is 24.0 Å². The summed E-state index contributed by atoms with van der Waals surface area (Å²) in [6.07, 6.45) is 9.87. The summed E-state index contributed by atoms with van der Waals surface area (Å²) in [5.74, 6) is 0.360. The smallest absolute Gasteiger partial charge is 0.244 e. The first kappa shape index (κ1) is 30.9. The van der Waals surface area contributed by atoms with Crippen LogP contribution < -0.4 is 21.7 Å². The fourth-order valence-electron chi connectivity index (χ4n) is 2.40. The number of amides is 3. The summed E-state index contributed by atoms with van der Waals surface area (Å²) in [5.41, 5.74) is 5.13. The van der Waals surface area contributed by atoms with Crippen LogP contribution in [0, 0.1) is 0 Å². The number of carbonyl (C=O) groups is 5. The molecule has 0 saturated carbocycles. The quantitative estimate of drug-likeness (QED) is 0.158. The summed E-state index contributed by atoms with van der Waals surface area (Å²) < 4.78 is 0. The maximum Gasteiger partial charge on any atom is 0.244 e. The number of ketones is 2. The molecule has 1 aliphatic heterocycles. The van der Waals surface area contributed by atoms with Gasteiger partial charge in [0.05, 0.1) is 0 Å². The van der Waals surface area contributed by atoms with Gasteiger partial charge < -0.3 is 21.7 Å². The molecule has 1 atom stereocenters. The zero-order valence-electron chi connectivity index (χ0n) is 19.4. The third-order valence-electron chi connectivity index (χ3n) is 4.04. The van der Waals surface area contributed by atoms with Crippen LogP contribution in [0.5, 0.6) is 0 Å². The molecule has 0 spiro atoms. The lowest BCUT2D eigenvalue weighted by Crippen LogP contribution is -2.33. The molecule has 1 saturated heterocycles. The van der Waals surface area contributed by atoms with E-state index >= 15 is 0 Å². The van der Waals surface area contributed by atoms with Crippen molar-refractivity contribution >= 4 is 50.9 Å². The minimum absolute atomic E-state index is 0.0296. The van der Waals surface area contributed by atoms with Crippen LogP contribution in [-0.4, -0.2) is 66.5 Å². The second-order valence-electron chi connectivity index (χ2n) is 7.18. The van der Waals surface area contributed by atoms with Crippen molar-refractivity contribution in [3.63, 3.8) is 0 Å². The number of carbonyl (C=O) groups excluding carboxylic acids is 5. The standard InChI is InChI=1S/C15H24N2O3S2.C7H12N2O2/c1-12(18)6-7-15(20)17-10-9-16-14(19)5-3-2-4-13-8-11-21-22-13;1-6(10)2-3-7(11)9-5-4-8/h6-7,13H,2-5,8-11H2,1H3,(H,16,19)(H,17,20);2-3H,4-5,8H2,1H3,(H,9,11)/b7-6+;3-2+/t13-;/m1./s1. The van der Waals surface area contributed by atoms with Crippen LogP contribution in [0.25, 0.3) is 0 Å². The molecule has 0 unspecified atom stereocenters. The number of hydrogen-bond acceptors (Lipinski definition) is 8. The maximum absolute atomic E-state index is 11.6. The minimum atomic E-state index is -0.323. The molecular formula is C22H36N4O5S2. The fourth-order valence-corrected chi connectivity index (χ4v) is 5.42. The number of allylic oxidation sites excluding steroid dienone is 2. The van der Waals surface area contributed by atoms with Crippen LogP contribution in [0.3, 0.4) is 0 Å². The Morgan fingerprint density at radius 3 is 1.94 bits per heavy atom. The zero-order chi connectivity index (χ0) is 24.9. The predicted octanol–water partition coefficient (Wildman–Crippen LogP) is 1.28. The lowest BCUT2D eigenvalue weighted by atomic mass is 10.1. The third-order valence-corrected chi connectivity index (χ3v) is 7.04. The predicted molar refractivity (Wildman–Crippen MR) is 135 cm³/mol. The van der Waals surface area contributed by atoms with Crippen molar-refractivity contribution in [2.45, 2.75) is 51.2 Å². The summed E-state index contributed by atoms with van der Waals surface area (Å²) in [4.78, 5) is 54.6. The van der Waals surface area contributed by atoms with Gasteiger partial charge in [0.15, 0.2) is 11.6 Å². The van der Waals surface area contributed by atoms with Crippen LogP contribution in [-0.2, 0) is 24.0 Å². The van der Waals surface area contributed by atoms with E-state index in [1.807, 2.05) is 21.6 Å². The Hall–Kier alpha value is -2.11. The van der Waals surface area contributed by atoms with Crippen molar-refractivity contribution in [1.82, 2.24) is 16.0 Å². The van der Waals surface area contributed by atoms with Crippen LogP contribution in [0.1, 0.15) is 46.0 Å². The van der Waals surface area contributed by atoms with Gasteiger partial charge in [-0.15, -0.1) is 0 Å². The Balaban J connectivity index is 0.000000785. The first-order chi connectivity index (χ1) is 15.7. The number of rotatable bonds is 14. The second-order valence-corrected chi connectivity index (χ2v) is 9.97. The molecule has 9 nitrogen and oxygen atoms in total. The Morgan fingerprint density at radius 2 is 1.42 bits per heavy atom. The topological polar surface area (TPSA) is 147 Å². The number of unbranched alkanes of at least 4 members (excludes halogenated alkanes) is 1. The molecule has 0 aliphatic carbocycles. The van der Waals surface area contributed by atoms with Crippen molar-refractivity contribution in [1.29, 1.82) is 0 Å². The number of hydrogen-bond donors (Lipinski definition) is 4. The third kappa shape index (κ3) is 21.5. The highest BCUT2D eigenvalue weighted by Gasteiger charge is 2.15. The molecule has 11 heteroatoms. The van der Waals surface area contributed by atoms with Gasteiger partial charge in [-0.1, -0.05) is 28.0 Å². The van der Waals surface area contributed by atoms with Gasteiger partial charge in [-0.3, -0.25) is 24.0 Å². The van der Waals surface area contributed by atoms with Crippen molar-refractivity contribution in [3.8, 4) is 0 Å². The first-order valence-corrected chi connectivity index (χ1v) is 13.3. The molecule has 0 aromatic rings. The lowest BCUT2D eigenvalue weighted by Gasteiger charge is -2.07. The average Bonchev–Trinajstić information content (AvgIpc) is 3.29. The highest BCUT2D eigenvalue weighted by molar-refractivity contribution is 8.77. The summed E-state index contributed by atoms with van der Waals surface area (Å²) in [6, 6.07) is 0. The van der Waals surface area contributed by atoms with E-state index in [1.54, 1.807) is 0 Å². The average molecular weight is 501 g/mol. The molecule has 3 amide bonds. The molecule has 5 N–H and O–H groups in total. The van der Waals surface area contributed by atoms with Gasteiger partial charge in [0.2, 0.25) is 17.7 Å². The second kappa shape index (κ2) is 20.5. The summed E-state index contributed by atoms with van der Waals surface area (Å²) in [5, 5.41) is 8.63. The monoisotopic (exact) mass is 500 g/mol. The Kier molecular flexibility index (Phi) is 19.2. The fraction of sp³-hybridized carbons (Fsp3) is 0.591. The van der Waals surface area contributed by atoms with E-state index in [1.165, 1.54) is 56.7 Å². The highest BCUT2D eigenvalue weighted by Crippen LogP contribution is 2.39. The van der Waals surface area contributed by atoms with Crippen LogP contribution in [0.2, 0.25) is 0 Å². The molecule has 0 radical (unpaired) electrons. The SMILES string of the molecule is CC(=O)/C=C/C(=O)NCCN.CC(=O)/C=C/C(=O)NCCNC(=O)CCCC[C@@H]1CCSS1. The van der Waals surface area contributed by atoms with Crippen molar-refractivity contribution in [2.24, 2.45) is 5.73 Å². The van der Waals surface area contributed by atoms with Gasteiger partial charge in [0, 0.05) is 55.8 Å². The van der Waals surface area contributed by atoms with Gasteiger partial charge >= 0.3 is 0 Å². The van der Waals surface area contributed by atoms with Gasteiger partial charge in [-0.05, 0) is 45.3 Å². The van der Waals surface area contributed by atoms with Gasteiger partial charge in [0.25, 0.3) is 0 Å². The van der Waals surface area contributed by atoms with E-state index in [0.29, 0.717) is 32.6 Å². The molecule has 0 bridgehead atoms.